The van der Waals surface area contributed by atoms with Crippen molar-refractivity contribution < 1.29 is 27.5 Å². The molecule has 0 bridgehead atoms. The van der Waals surface area contributed by atoms with Gasteiger partial charge >= 0.3 is 5.97 Å². The number of carbonyl (C=O) groups excluding carboxylic acids is 2. The maximum atomic E-state index is 12.8. The number of benzene rings is 2. The number of nitrogens with one attached hydrogen (secondary N) is 1. The van der Waals surface area contributed by atoms with Gasteiger partial charge in [-0.3, -0.25) is 9.59 Å². The molecule has 0 atom stereocenters. The monoisotopic (exact) mass is 494 g/mol. The Morgan fingerprint density at radius 1 is 1.06 bits per heavy atom. The van der Waals surface area contributed by atoms with Gasteiger partial charge in [0.1, 0.15) is 5.75 Å². The fourth-order valence-electron chi connectivity index (χ4n) is 3.53. The third-order valence-corrected chi connectivity index (χ3v) is 7.64. The molecule has 1 fully saturated rings. The van der Waals surface area contributed by atoms with E-state index in [4.69, 9.17) is 21.1 Å². The summed E-state index contributed by atoms with van der Waals surface area (Å²) in [4.78, 5) is 24.5. The quantitative estimate of drug-likeness (QED) is 0.538. The minimum Gasteiger partial charge on any atom is -0.497 e. The molecule has 178 valence electrons. The van der Waals surface area contributed by atoms with Gasteiger partial charge in [0.05, 0.1) is 17.9 Å². The standard InChI is InChI=1S/C23H27ClN2O6S/c1-31-20-6-8-21(9-7-20)33(29,30)26-14-11-18(12-15-26)23(28)32-16-22(27)25-13-10-17-2-4-19(24)5-3-17/h2-9,18H,10-16H2,1H3,(H,25,27). The number of hydrogen-bond donors (Lipinski definition) is 1. The first-order valence-electron chi connectivity index (χ1n) is 10.6. The lowest BCUT2D eigenvalue weighted by atomic mass is 9.98. The molecule has 8 nitrogen and oxygen atoms in total. The topological polar surface area (TPSA) is 102 Å². The first kappa shape index (κ1) is 25.0. The molecule has 0 aliphatic carbocycles. The van der Waals surface area contributed by atoms with Crippen molar-refractivity contribution in [2.24, 2.45) is 5.92 Å². The first-order valence-corrected chi connectivity index (χ1v) is 12.4. The summed E-state index contributed by atoms with van der Waals surface area (Å²) >= 11 is 5.84. The predicted octanol–water partition coefficient (Wildman–Crippen LogP) is 2.65. The number of ether oxygens (including phenoxy) is 2. The molecule has 33 heavy (non-hydrogen) atoms. The molecule has 0 radical (unpaired) electrons. The van der Waals surface area contributed by atoms with Gasteiger partial charge in [-0.05, 0) is 61.2 Å². The minimum absolute atomic E-state index is 0.180. The Kier molecular flexibility index (Phi) is 8.71. The third-order valence-electron chi connectivity index (χ3n) is 5.48. The van der Waals surface area contributed by atoms with Crippen molar-refractivity contribution in [3.05, 3.63) is 59.1 Å². The van der Waals surface area contributed by atoms with E-state index in [1.54, 1.807) is 24.3 Å². The fraction of sp³-hybridized carbons (Fsp3) is 0.391. The molecule has 1 saturated heterocycles. The van der Waals surface area contributed by atoms with Gasteiger partial charge in [0, 0.05) is 24.7 Å². The van der Waals surface area contributed by atoms with E-state index in [-0.39, 0.29) is 30.5 Å². The highest BCUT2D eigenvalue weighted by Gasteiger charge is 2.33. The van der Waals surface area contributed by atoms with Crippen molar-refractivity contribution in [2.45, 2.75) is 24.2 Å². The SMILES string of the molecule is COc1ccc(S(=O)(=O)N2CCC(C(=O)OCC(=O)NCCc3ccc(Cl)cc3)CC2)cc1. The zero-order chi connectivity index (χ0) is 23.8. The molecule has 0 saturated carbocycles. The average molecular weight is 495 g/mol. The number of halogens is 1. The minimum atomic E-state index is -3.64. The van der Waals surface area contributed by atoms with Crippen molar-refractivity contribution in [1.29, 1.82) is 0 Å². The highest BCUT2D eigenvalue weighted by molar-refractivity contribution is 7.89. The van der Waals surface area contributed by atoms with E-state index < -0.39 is 21.9 Å². The van der Waals surface area contributed by atoms with Crippen LogP contribution < -0.4 is 10.1 Å². The van der Waals surface area contributed by atoms with Crippen LogP contribution in [0.4, 0.5) is 0 Å². The molecule has 0 spiro atoms. The number of rotatable bonds is 9. The first-order chi connectivity index (χ1) is 15.8. The van der Waals surface area contributed by atoms with E-state index in [1.807, 2.05) is 12.1 Å². The van der Waals surface area contributed by atoms with Gasteiger partial charge in [-0.15, -0.1) is 0 Å². The van der Waals surface area contributed by atoms with Gasteiger partial charge in [0.2, 0.25) is 10.0 Å². The molecule has 1 heterocycles. The van der Waals surface area contributed by atoms with Gasteiger partial charge < -0.3 is 14.8 Å². The second-order valence-electron chi connectivity index (χ2n) is 7.69. The summed E-state index contributed by atoms with van der Waals surface area (Å²) in [6, 6.07) is 13.5. The van der Waals surface area contributed by atoms with Crippen LogP contribution in [0.15, 0.2) is 53.4 Å². The van der Waals surface area contributed by atoms with Crippen LogP contribution in [0, 0.1) is 5.92 Å². The molecule has 2 aromatic rings. The number of esters is 1. The van der Waals surface area contributed by atoms with Crippen molar-refractivity contribution in [3.8, 4) is 5.75 Å². The van der Waals surface area contributed by atoms with Crippen LogP contribution in [0.25, 0.3) is 0 Å². The molecule has 1 amide bonds. The largest absolute Gasteiger partial charge is 0.497 e. The lowest BCUT2D eigenvalue weighted by Crippen LogP contribution is -2.41. The van der Waals surface area contributed by atoms with Crippen molar-refractivity contribution in [3.63, 3.8) is 0 Å². The highest BCUT2D eigenvalue weighted by Crippen LogP contribution is 2.25. The summed E-state index contributed by atoms with van der Waals surface area (Å²) in [5, 5.41) is 3.36. The van der Waals surface area contributed by atoms with E-state index in [2.05, 4.69) is 5.32 Å². The van der Waals surface area contributed by atoms with Gasteiger partial charge in [0.15, 0.2) is 6.61 Å². The number of sulfonamides is 1. The van der Waals surface area contributed by atoms with Crippen LogP contribution in [0.3, 0.4) is 0 Å². The Balaban J connectivity index is 1.39. The summed E-state index contributed by atoms with van der Waals surface area (Å²) < 4.78 is 37.2. The number of methoxy groups -OCH3 is 1. The van der Waals surface area contributed by atoms with E-state index in [0.717, 1.165) is 5.56 Å². The third kappa shape index (κ3) is 6.93. The second kappa shape index (κ2) is 11.5. The number of amides is 1. The van der Waals surface area contributed by atoms with Gasteiger partial charge in [0.25, 0.3) is 5.91 Å². The molecule has 3 rings (SSSR count). The normalized spacial score (nSPS) is 15.1. The van der Waals surface area contributed by atoms with Crippen LogP contribution in [-0.2, 0) is 30.8 Å². The fourth-order valence-corrected chi connectivity index (χ4v) is 5.13. The summed E-state index contributed by atoms with van der Waals surface area (Å²) in [6.45, 7) is 0.478. The number of carbonyl (C=O) groups is 2. The summed E-state index contributed by atoms with van der Waals surface area (Å²) in [7, 11) is -2.13. The maximum absolute atomic E-state index is 12.8. The van der Waals surface area contributed by atoms with Gasteiger partial charge in [-0.2, -0.15) is 4.31 Å². The molecule has 0 unspecified atom stereocenters. The van der Waals surface area contributed by atoms with Gasteiger partial charge in [-0.1, -0.05) is 23.7 Å². The van der Waals surface area contributed by atoms with Crippen molar-refractivity contribution in [2.75, 3.05) is 33.4 Å². The Labute approximate surface area is 198 Å². The Morgan fingerprint density at radius 2 is 1.70 bits per heavy atom. The lowest BCUT2D eigenvalue weighted by Gasteiger charge is -2.30. The molecule has 10 heteroatoms. The Hall–Kier alpha value is -2.62. The van der Waals surface area contributed by atoms with E-state index in [1.165, 1.54) is 23.5 Å². The maximum Gasteiger partial charge on any atom is 0.309 e. The molecule has 1 aliphatic heterocycles. The van der Waals surface area contributed by atoms with E-state index in [9.17, 15) is 18.0 Å². The average Bonchev–Trinajstić information content (AvgIpc) is 2.84. The van der Waals surface area contributed by atoms with E-state index >= 15 is 0 Å². The lowest BCUT2D eigenvalue weighted by molar-refractivity contribution is -0.153. The molecule has 0 aromatic heterocycles. The van der Waals surface area contributed by atoms with Crippen LogP contribution in [-0.4, -0.2) is 58.0 Å². The highest BCUT2D eigenvalue weighted by atomic mass is 35.5. The second-order valence-corrected chi connectivity index (χ2v) is 10.1. The van der Waals surface area contributed by atoms with Crippen molar-refractivity contribution >= 4 is 33.5 Å². The van der Waals surface area contributed by atoms with E-state index in [0.29, 0.717) is 36.6 Å². The zero-order valence-electron chi connectivity index (χ0n) is 18.3. The molecular formula is C23H27ClN2O6S. The molecule has 1 N–H and O–H groups in total. The number of nitrogens with zero attached hydrogens (tertiary/aromatic N) is 1. The van der Waals surface area contributed by atoms with Crippen LogP contribution in [0.5, 0.6) is 5.75 Å². The number of hydrogen-bond acceptors (Lipinski definition) is 6. The van der Waals surface area contributed by atoms with Gasteiger partial charge in [-0.25, -0.2) is 8.42 Å². The molecule has 1 aliphatic rings. The predicted molar refractivity (Wildman–Crippen MR) is 124 cm³/mol. The Bertz CT molecular complexity index is 1050. The summed E-state index contributed by atoms with van der Waals surface area (Å²) in [6.07, 6.45) is 1.32. The van der Waals surface area contributed by atoms with Crippen LogP contribution in [0.1, 0.15) is 18.4 Å². The Morgan fingerprint density at radius 3 is 2.30 bits per heavy atom. The molecule has 2 aromatic carbocycles. The summed E-state index contributed by atoms with van der Waals surface area (Å²) in [5.41, 5.74) is 1.04. The van der Waals surface area contributed by atoms with Crippen molar-refractivity contribution in [1.82, 2.24) is 9.62 Å². The zero-order valence-corrected chi connectivity index (χ0v) is 19.9. The van der Waals surface area contributed by atoms with Crippen LogP contribution in [0.2, 0.25) is 5.02 Å². The smallest absolute Gasteiger partial charge is 0.309 e. The van der Waals surface area contributed by atoms with Crippen LogP contribution >= 0.6 is 11.6 Å². The molecular weight excluding hydrogens is 468 g/mol. The number of piperidine rings is 1. The summed E-state index contributed by atoms with van der Waals surface area (Å²) in [5.74, 6) is -0.722.